The molecule has 0 bridgehead atoms. The van der Waals surface area contributed by atoms with Crippen molar-refractivity contribution in [1.82, 2.24) is 4.90 Å². The predicted octanol–water partition coefficient (Wildman–Crippen LogP) is 7.56. The average Bonchev–Trinajstić information content (AvgIpc) is 2.75. The Labute approximate surface area is 208 Å². The summed E-state index contributed by atoms with van der Waals surface area (Å²) in [5, 5.41) is 2.03. The summed E-state index contributed by atoms with van der Waals surface area (Å²) in [6.45, 7) is 15.3. The van der Waals surface area contributed by atoms with Gasteiger partial charge in [-0.25, -0.2) is 0 Å². The molecule has 4 rings (SSSR count). The van der Waals surface area contributed by atoms with Crippen LogP contribution in [0.5, 0.6) is 0 Å². The Kier molecular flexibility index (Phi) is 8.11. The van der Waals surface area contributed by atoms with E-state index in [1.165, 1.54) is 89.3 Å². The van der Waals surface area contributed by atoms with Crippen LogP contribution in [0.4, 0.5) is 0 Å². The van der Waals surface area contributed by atoms with Gasteiger partial charge in [-0.05, 0) is 109 Å². The van der Waals surface area contributed by atoms with Crippen LogP contribution in [0, 0.1) is 16.7 Å². The molecular weight excluding hydrogens is 420 g/mol. The summed E-state index contributed by atoms with van der Waals surface area (Å²) < 4.78 is 0. The Morgan fingerprint density at radius 2 is 1.82 bits per heavy atom. The van der Waals surface area contributed by atoms with Crippen LogP contribution in [0.25, 0.3) is 0 Å². The van der Waals surface area contributed by atoms with Crippen molar-refractivity contribution in [3.8, 4) is 0 Å². The minimum absolute atomic E-state index is 0.292. The summed E-state index contributed by atoms with van der Waals surface area (Å²) >= 11 is 5.31. The van der Waals surface area contributed by atoms with Crippen molar-refractivity contribution in [2.24, 2.45) is 21.7 Å². The van der Waals surface area contributed by atoms with Gasteiger partial charge in [-0.3, -0.25) is 4.90 Å². The fourth-order valence-corrected chi connectivity index (χ4v) is 7.24. The van der Waals surface area contributed by atoms with Crippen molar-refractivity contribution >= 4 is 24.3 Å². The van der Waals surface area contributed by atoms with E-state index in [4.69, 9.17) is 12.2 Å². The Balaban J connectivity index is 1.40. The first-order chi connectivity index (χ1) is 15.9. The highest BCUT2D eigenvalue weighted by Gasteiger charge is 2.45. The van der Waals surface area contributed by atoms with Crippen LogP contribution in [-0.4, -0.2) is 36.6 Å². The molecule has 182 valence electrons. The van der Waals surface area contributed by atoms with Gasteiger partial charge >= 0.3 is 0 Å². The molecule has 3 aliphatic rings. The van der Waals surface area contributed by atoms with E-state index >= 15 is 0 Å². The predicted molar refractivity (Wildman–Crippen MR) is 147 cm³/mol. The monoisotopic (exact) mass is 466 g/mol. The molecule has 1 saturated heterocycles. The third-order valence-corrected chi connectivity index (χ3v) is 9.62. The molecule has 3 heteroatoms. The fraction of sp³-hybridized carbons (Fsp3) is 0.733. The number of hydrogen-bond donors (Lipinski definition) is 0. The van der Waals surface area contributed by atoms with Gasteiger partial charge in [0.1, 0.15) is 0 Å². The number of benzene rings is 1. The van der Waals surface area contributed by atoms with Crippen LogP contribution in [0.3, 0.4) is 0 Å². The zero-order chi connectivity index (χ0) is 23.5. The third-order valence-electron chi connectivity index (χ3n) is 9.05. The highest BCUT2D eigenvalue weighted by atomic mass is 32.1. The maximum Gasteiger partial charge on any atom is 0.0463 e. The van der Waals surface area contributed by atoms with Crippen molar-refractivity contribution in [3.05, 3.63) is 34.4 Å². The van der Waals surface area contributed by atoms with Gasteiger partial charge in [0.05, 0.1) is 0 Å². The standard InChI is InChI=1S/C30H46N2S/c1-5-8-27-16-24(15-25(6-2)28(27)26-9-7-10-26)18-32-20-30(21-32,19-31-4)17-23-11-13-29(3,22-33)14-12-23/h15-16,22-23,26H,4-14,17-21H2,1-3H3. The smallest absolute Gasteiger partial charge is 0.0463 e. The molecule has 1 heterocycles. The van der Waals surface area contributed by atoms with Gasteiger partial charge in [0.2, 0.25) is 0 Å². The van der Waals surface area contributed by atoms with Gasteiger partial charge in [-0.1, -0.05) is 58.0 Å². The Bertz CT molecular complexity index is 826. The molecule has 33 heavy (non-hydrogen) atoms. The number of thiocarbonyl (C=S) groups is 1. The third kappa shape index (κ3) is 5.61. The van der Waals surface area contributed by atoms with Crippen molar-refractivity contribution in [2.75, 3.05) is 19.6 Å². The highest BCUT2D eigenvalue weighted by molar-refractivity contribution is 7.79. The maximum atomic E-state index is 5.31. The summed E-state index contributed by atoms with van der Waals surface area (Å²) in [4.78, 5) is 7.06. The number of aryl methyl sites for hydroxylation is 2. The van der Waals surface area contributed by atoms with Crippen LogP contribution >= 0.6 is 12.2 Å². The molecule has 1 aliphatic heterocycles. The van der Waals surface area contributed by atoms with E-state index < -0.39 is 0 Å². The van der Waals surface area contributed by atoms with E-state index in [1.54, 1.807) is 16.7 Å². The number of likely N-dealkylation sites (tertiary alicyclic amines) is 1. The molecule has 0 atom stereocenters. The van der Waals surface area contributed by atoms with Gasteiger partial charge in [0, 0.05) is 31.6 Å². The SMILES string of the molecule is C=NCC1(CC2CCC(C)(C=S)CC2)CN(Cc2cc(CC)c(C3CCC3)c(CCC)c2)C1. The topological polar surface area (TPSA) is 15.6 Å². The Hall–Kier alpha value is -1.06. The summed E-state index contributed by atoms with van der Waals surface area (Å²) in [5.74, 6) is 1.67. The molecule has 0 N–H and O–H groups in total. The molecule has 2 aliphatic carbocycles. The minimum atomic E-state index is 0.292. The lowest BCUT2D eigenvalue weighted by Gasteiger charge is -2.52. The van der Waals surface area contributed by atoms with E-state index in [1.807, 2.05) is 5.37 Å². The average molecular weight is 467 g/mol. The Morgan fingerprint density at radius 3 is 2.36 bits per heavy atom. The van der Waals surface area contributed by atoms with E-state index in [9.17, 15) is 0 Å². The molecule has 0 spiro atoms. The van der Waals surface area contributed by atoms with Crippen LogP contribution in [0.15, 0.2) is 17.1 Å². The molecule has 3 fully saturated rings. The van der Waals surface area contributed by atoms with Crippen molar-refractivity contribution in [2.45, 2.75) is 104 Å². The molecule has 0 aromatic heterocycles. The maximum absolute atomic E-state index is 5.31. The largest absolute Gasteiger partial charge is 0.300 e. The van der Waals surface area contributed by atoms with E-state index in [-0.39, 0.29) is 0 Å². The minimum Gasteiger partial charge on any atom is -0.300 e. The van der Waals surface area contributed by atoms with Crippen LogP contribution in [-0.2, 0) is 19.4 Å². The highest BCUT2D eigenvalue weighted by Crippen LogP contribution is 2.46. The number of nitrogens with zero attached hydrogens (tertiary/aromatic N) is 2. The first kappa shape index (κ1) is 25.0. The molecule has 0 unspecified atom stereocenters. The van der Waals surface area contributed by atoms with E-state index in [2.05, 4.69) is 49.5 Å². The lowest BCUT2D eigenvalue weighted by atomic mass is 9.65. The van der Waals surface area contributed by atoms with Crippen LogP contribution in [0.1, 0.15) is 107 Å². The molecule has 2 nitrogen and oxygen atoms in total. The van der Waals surface area contributed by atoms with Crippen LogP contribution in [0.2, 0.25) is 0 Å². The summed E-state index contributed by atoms with van der Waals surface area (Å²) in [6, 6.07) is 5.11. The first-order valence-corrected chi connectivity index (χ1v) is 14.2. The number of rotatable bonds is 11. The Morgan fingerprint density at radius 1 is 1.12 bits per heavy atom. The second-order valence-corrected chi connectivity index (χ2v) is 12.2. The lowest BCUT2D eigenvalue weighted by molar-refractivity contribution is -0.0228. The molecule has 0 amide bonds. The van der Waals surface area contributed by atoms with Crippen molar-refractivity contribution in [3.63, 3.8) is 0 Å². The quantitative estimate of drug-likeness (QED) is 0.247. The second kappa shape index (κ2) is 10.7. The molecule has 1 aromatic carbocycles. The zero-order valence-corrected chi connectivity index (χ0v) is 22.3. The molecule has 0 radical (unpaired) electrons. The lowest BCUT2D eigenvalue weighted by Crippen LogP contribution is -2.58. The second-order valence-electron chi connectivity index (χ2n) is 12.0. The molecule has 1 aromatic rings. The van der Waals surface area contributed by atoms with Crippen molar-refractivity contribution in [1.29, 1.82) is 0 Å². The van der Waals surface area contributed by atoms with E-state index in [0.717, 1.165) is 24.9 Å². The summed E-state index contributed by atoms with van der Waals surface area (Å²) in [6.07, 6.45) is 14.4. The van der Waals surface area contributed by atoms with Gasteiger partial charge < -0.3 is 4.99 Å². The van der Waals surface area contributed by atoms with Gasteiger partial charge in [-0.15, -0.1) is 0 Å². The van der Waals surface area contributed by atoms with E-state index in [0.29, 0.717) is 10.8 Å². The number of hydrogen-bond acceptors (Lipinski definition) is 3. The normalized spacial score (nSPS) is 27.5. The fourth-order valence-electron chi connectivity index (χ4n) is 7.01. The molecule has 2 saturated carbocycles. The summed E-state index contributed by atoms with van der Waals surface area (Å²) in [7, 11) is 0. The zero-order valence-electron chi connectivity index (χ0n) is 21.5. The van der Waals surface area contributed by atoms with Gasteiger partial charge in [0.25, 0.3) is 0 Å². The van der Waals surface area contributed by atoms with Crippen molar-refractivity contribution < 1.29 is 0 Å². The first-order valence-electron chi connectivity index (χ1n) is 13.7. The number of aliphatic imine (C=N–C) groups is 1. The molecular formula is C30H46N2S. The summed E-state index contributed by atoms with van der Waals surface area (Å²) in [5.41, 5.74) is 7.18. The van der Waals surface area contributed by atoms with Gasteiger partial charge in [-0.2, -0.15) is 0 Å². The van der Waals surface area contributed by atoms with Gasteiger partial charge in [0.15, 0.2) is 0 Å². The van der Waals surface area contributed by atoms with Crippen LogP contribution < -0.4 is 0 Å².